The second-order valence-electron chi connectivity index (χ2n) is 4.83. The van der Waals surface area contributed by atoms with Crippen molar-refractivity contribution in [2.24, 2.45) is 11.7 Å². The van der Waals surface area contributed by atoms with E-state index in [9.17, 15) is 13.2 Å². The summed E-state index contributed by atoms with van der Waals surface area (Å²) in [5.74, 6) is 0.297. The van der Waals surface area contributed by atoms with E-state index in [-0.39, 0.29) is 12.2 Å². The molecule has 0 aliphatic carbocycles. The summed E-state index contributed by atoms with van der Waals surface area (Å²) < 4.78 is 39.0. The molecule has 0 saturated carbocycles. The maximum absolute atomic E-state index is 13.0. The van der Waals surface area contributed by atoms with Crippen LogP contribution in [0.25, 0.3) is 0 Å². The lowest BCUT2D eigenvalue weighted by atomic mass is 10.1. The number of benzene rings is 1. The van der Waals surface area contributed by atoms with Crippen LogP contribution in [0.2, 0.25) is 0 Å². The molecule has 0 radical (unpaired) electrons. The SMILES string of the molecule is CC(C)CN(C)c1ccc(CN)cc1C(F)(F)F. The van der Waals surface area contributed by atoms with Gasteiger partial charge in [0.2, 0.25) is 0 Å². The van der Waals surface area contributed by atoms with Crippen molar-refractivity contribution < 1.29 is 13.2 Å². The number of rotatable bonds is 4. The largest absolute Gasteiger partial charge is 0.418 e. The summed E-state index contributed by atoms with van der Waals surface area (Å²) in [6, 6.07) is 4.26. The zero-order valence-corrected chi connectivity index (χ0v) is 10.9. The number of anilines is 1. The fourth-order valence-corrected chi connectivity index (χ4v) is 1.92. The van der Waals surface area contributed by atoms with E-state index < -0.39 is 11.7 Å². The van der Waals surface area contributed by atoms with Gasteiger partial charge in [0.15, 0.2) is 0 Å². The molecule has 1 rings (SSSR count). The first-order chi connectivity index (χ1) is 8.25. The number of hydrogen-bond acceptors (Lipinski definition) is 2. The molecule has 0 saturated heterocycles. The quantitative estimate of drug-likeness (QED) is 0.900. The number of nitrogens with two attached hydrogens (primary N) is 1. The normalized spacial score (nSPS) is 12.0. The Hall–Kier alpha value is -1.23. The van der Waals surface area contributed by atoms with Gasteiger partial charge in [-0.1, -0.05) is 19.9 Å². The van der Waals surface area contributed by atoms with Crippen LogP contribution in [0.5, 0.6) is 0 Å². The topological polar surface area (TPSA) is 29.3 Å². The molecule has 102 valence electrons. The summed E-state index contributed by atoms with van der Waals surface area (Å²) >= 11 is 0. The Labute approximate surface area is 106 Å². The number of nitrogens with zero attached hydrogens (tertiary/aromatic N) is 1. The van der Waals surface area contributed by atoms with Gasteiger partial charge in [-0.25, -0.2) is 0 Å². The molecule has 0 aliphatic rings. The second-order valence-corrected chi connectivity index (χ2v) is 4.83. The Kier molecular flexibility index (Phi) is 4.62. The van der Waals surface area contributed by atoms with Crippen molar-refractivity contribution in [3.63, 3.8) is 0 Å². The van der Waals surface area contributed by atoms with Crippen LogP contribution < -0.4 is 10.6 Å². The summed E-state index contributed by atoms with van der Waals surface area (Å²) in [4.78, 5) is 1.63. The molecule has 18 heavy (non-hydrogen) atoms. The summed E-state index contributed by atoms with van der Waals surface area (Å²) in [7, 11) is 1.67. The number of halogens is 3. The van der Waals surface area contributed by atoms with Crippen LogP contribution in [0.1, 0.15) is 25.0 Å². The first kappa shape index (κ1) is 14.8. The standard InChI is InChI=1S/C13H19F3N2/c1-9(2)8-18(3)12-5-4-10(7-17)6-11(12)13(14,15)16/h4-6,9H,7-8,17H2,1-3H3. The molecule has 1 aromatic carbocycles. The van der Waals surface area contributed by atoms with Gasteiger partial charge >= 0.3 is 6.18 Å². The van der Waals surface area contributed by atoms with E-state index in [2.05, 4.69) is 0 Å². The molecule has 0 unspecified atom stereocenters. The van der Waals surface area contributed by atoms with Gasteiger partial charge in [-0.15, -0.1) is 0 Å². The summed E-state index contributed by atoms with van der Waals surface area (Å²) in [5, 5.41) is 0. The minimum absolute atomic E-state index is 0.108. The third kappa shape index (κ3) is 3.63. The van der Waals surface area contributed by atoms with Crippen LogP contribution in [-0.2, 0) is 12.7 Å². The van der Waals surface area contributed by atoms with E-state index in [0.717, 1.165) is 6.07 Å². The van der Waals surface area contributed by atoms with Crippen LogP contribution >= 0.6 is 0 Å². The van der Waals surface area contributed by atoms with E-state index in [1.807, 2.05) is 13.8 Å². The summed E-state index contributed by atoms with van der Waals surface area (Å²) in [6.45, 7) is 4.62. The number of hydrogen-bond donors (Lipinski definition) is 1. The van der Waals surface area contributed by atoms with Crippen molar-refractivity contribution in [2.75, 3.05) is 18.5 Å². The van der Waals surface area contributed by atoms with E-state index in [1.165, 1.54) is 6.07 Å². The molecule has 2 N–H and O–H groups in total. The van der Waals surface area contributed by atoms with Gasteiger partial charge in [0.05, 0.1) is 5.56 Å². The Bertz CT molecular complexity index is 400. The van der Waals surface area contributed by atoms with Gasteiger partial charge < -0.3 is 10.6 Å². The molecule has 2 nitrogen and oxygen atoms in total. The minimum Gasteiger partial charge on any atom is -0.374 e. The number of alkyl halides is 3. The maximum Gasteiger partial charge on any atom is 0.418 e. The first-order valence-corrected chi connectivity index (χ1v) is 5.87. The molecule has 0 fully saturated rings. The highest BCUT2D eigenvalue weighted by Crippen LogP contribution is 2.37. The van der Waals surface area contributed by atoms with E-state index in [4.69, 9.17) is 5.73 Å². The highest BCUT2D eigenvalue weighted by Gasteiger charge is 2.34. The molecule has 0 aromatic heterocycles. The molecular formula is C13H19F3N2. The fourth-order valence-electron chi connectivity index (χ4n) is 1.92. The monoisotopic (exact) mass is 260 g/mol. The highest BCUT2D eigenvalue weighted by molar-refractivity contribution is 5.56. The molecular weight excluding hydrogens is 241 g/mol. The molecule has 0 amide bonds. The Morgan fingerprint density at radius 2 is 1.89 bits per heavy atom. The van der Waals surface area contributed by atoms with Crippen LogP contribution in [0.4, 0.5) is 18.9 Å². The van der Waals surface area contributed by atoms with E-state index >= 15 is 0 Å². The molecule has 5 heteroatoms. The summed E-state index contributed by atoms with van der Waals surface area (Å²) in [6.07, 6.45) is -4.36. The van der Waals surface area contributed by atoms with Gasteiger partial charge in [0.1, 0.15) is 0 Å². The molecule has 0 atom stereocenters. The van der Waals surface area contributed by atoms with Gasteiger partial charge in [0, 0.05) is 25.8 Å². The van der Waals surface area contributed by atoms with E-state index in [1.54, 1.807) is 18.0 Å². The zero-order valence-electron chi connectivity index (χ0n) is 10.9. The molecule has 0 heterocycles. The summed E-state index contributed by atoms with van der Waals surface area (Å²) in [5.41, 5.74) is 5.46. The fraction of sp³-hybridized carbons (Fsp3) is 0.538. The predicted octanol–water partition coefficient (Wildman–Crippen LogP) is 3.26. The van der Waals surface area contributed by atoms with Gasteiger partial charge in [-0.3, -0.25) is 0 Å². The highest BCUT2D eigenvalue weighted by atomic mass is 19.4. The van der Waals surface area contributed by atoms with Gasteiger partial charge in [-0.05, 0) is 23.6 Å². The lowest BCUT2D eigenvalue weighted by Crippen LogP contribution is -2.25. The minimum atomic E-state index is -4.36. The third-order valence-corrected chi connectivity index (χ3v) is 2.65. The maximum atomic E-state index is 13.0. The third-order valence-electron chi connectivity index (χ3n) is 2.65. The van der Waals surface area contributed by atoms with Crippen LogP contribution in [0.15, 0.2) is 18.2 Å². The van der Waals surface area contributed by atoms with Gasteiger partial charge in [0.25, 0.3) is 0 Å². The zero-order chi connectivity index (χ0) is 13.9. The van der Waals surface area contributed by atoms with E-state index in [0.29, 0.717) is 18.0 Å². The van der Waals surface area contributed by atoms with Crippen molar-refractivity contribution in [3.8, 4) is 0 Å². The Morgan fingerprint density at radius 3 is 2.33 bits per heavy atom. The predicted molar refractivity (Wildman–Crippen MR) is 67.4 cm³/mol. The van der Waals surface area contributed by atoms with Gasteiger partial charge in [-0.2, -0.15) is 13.2 Å². The van der Waals surface area contributed by atoms with Crippen molar-refractivity contribution in [1.29, 1.82) is 0 Å². The lowest BCUT2D eigenvalue weighted by Gasteiger charge is -2.25. The van der Waals surface area contributed by atoms with Crippen molar-refractivity contribution in [1.82, 2.24) is 0 Å². The Balaban J connectivity index is 3.18. The lowest BCUT2D eigenvalue weighted by molar-refractivity contribution is -0.137. The average molecular weight is 260 g/mol. The first-order valence-electron chi connectivity index (χ1n) is 5.87. The smallest absolute Gasteiger partial charge is 0.374 e. The molecule has 0 aliphatic heterocycles. The second kappa shape index (κ2) is 5.61. The average Bonchev–Trinajstić information content (AvgIpc) is 2.26. The van der Waals surface area contributed by atoms with Crippen molar-refractivity contribution >= 4 is 5.69 Å². The van der Waals surface area contributed by atoms with Crippen LogP contribution in [-0.4, -0.2) is 13.6 Å². The van der Waals surface area contributed by atoms with Crippen molar-refractivity contribution in [2.45, 2.75) is 26.6 Å². The molecule has 1 aromatic rings. The van der Waals surface area contributed by atoms with Crippen LogP contribution in [0, 0.1) is 5.92 Å². The molecule has 0 spiro atoms. The van der Waals surface area contributed by atoms with Crippen molar-refractivity contribution in [3.05, 3.63) is 29.3 Å². The van der Waals surface area contributed by atoms with Crippen LogP contribution in [0.3, 0.4) is 0 Å². The molecule has 0 bridgehead atoms. The Morgan fingerprint density at radius 1 is 1.28 bits per heavy atom.